The van der Waals surface area contributed by atoms with Crippen LogP contribution in [0.25, 0.3) is 0 Å². The molecule has 1 N–H and O–H groups in total. The maximum atomic E-state index is 5.74. The maximum Gasteiger partial charge on any atom is 0.159 e. The van der Waals surface area contributed by atoms with Gasteiger partial charge in [-0.2, -0.15) is 0 Å². The highest BCUT2D eigenvalue weighted by molar-refractivity contribution is 8.14. The van der Waals surface area contributed by atoms with Crippen LogP contribution in [0.3, 0.4) is 0 Å². The van der Waals surface area contributed by atoms with E-state index in [1.165, 1.54) is 0 Å². The van der Waals surface area contributed by atoms with Crippen LogP contribution in [-0.2, 0) is 16.3 Å². The first-order valence-electron chi connectivity index (χ1n) is 4.79. The molecule has 2 rings (SSSR count). The molecule has 76 valence electrons. The van der Waals surface area contributed by atoms with Crippen molar-refractivity contribution in [3.63, 3.8) is 0 Å². The molecule has 4 heteroatoms. The predicted molar refractivity (Wildman–Crippen MR) is 63.5 cm³/mol. The van der Waals surface area contributed by atoms with E-state index in [1.54, 1.807) is 0 Å². The van der Waals surface area contributed by atoms with Crippen molar-refractivity contribution in [2.24, 2.45) is 0 Å². The molecule has 0 radical (unpaired) electrons. The van der Waals surface area contributed by atoms with Gasteiger partial charge in [0.25, 0.3) is 0 Å². The van der Waals surface area contributed by atoms with Crippen molar-refractivity contribution in [3.05, 3.63) is 30.3 Å². The van der Waals surface area contributed by atoms with E-state index in [2.05, 4.69) is 12.0 Å². The van der Waals surface area contributed by atoms with Crippen LogP contribution in [0, 0.1) is 0 Å². The SMILES string of the molecule is C[C@@H]1CCOP(=S)(c2ccccc2)N1. The van der Waals surface area contributed by atoms with Gasteiger partial charge in [-0.25, -0.2) is 0 Å². The monoisotopic (exact) mass is 227 g/mol. The topological polar surface area (TPSA) is 21.3 Å². The second kappa shape index (κ2) is 4.11. The molecule has 0 aromatic heterocycles. The molecular formula is C10H14NOPS. The summed E-state index contributed by atoms with van der Waals surface area (Å²) in [5.74, 6) is 0. The standard InChI is InChI=1S/C10H14NOPS/c1-9-7-8-12-13(14,11-9)10-5-3-2-4-6-10/h2-6,9H,7-8H2,1H3,(H,11,14)/t9-,13?/m1/s1. The Hall–Kier alpha value is -0.210. The quantitative estimate of drug-likeness (QED) is 0.742. The van der Waals surface area contributed by atoms with E-state index in [-0.39, 0.29) is 0 Å². The zero-order valence-electron chi connectivity index (χ0n) is 8.14. The summed E-state index contributed by atoms with van der Waals surface area (Å²) in [5, 5.41) is 4.54. The Labute approximate surface area is 89.8 Å². The Morgan fingerprint density at radius 2 is 2.14 bits per heavy atom. The summed E-state index contributed by atoms with van der Waals surface area (Å²) in [5.41, 5.74) is 0. The van der Waals surface area contributed by atoms with Crippen LogP contribution >= 0.6 is 6.42 Å². The summed E-state index contributed by atoms with van der Waals surface area (Å²) in [6, 6.07) is 10.6. The first-order chi connectivity index (χ1) is 6.71. The van der Waals surface area contributed by atoms with E-state index in [0.717, 1.165) is 18.3 Å². The third kappa shape index (κ3) is 2.06. The highest BCUT2D eigenvalue weighted by Gasteiger charge is 2.26. The highest BCUT2D eigenvalue weighted by Crippen LogP contribution is 2.44. The van der Waals surface area contributed by atoms with Gasteiger partial charge in [0.2, 0.25) is 0 Å². The van der Waals surface area contributed by atoms with Gasteiger partial charge in [-0.3, -0.25) is 5.09 Å². The third-order valence-electron chi connectivity index (χ3n) is 2.31. The summed E-state index contributed by atoms with van der Waals surface area (Å²) >= 11 is 5.57. The molecule has 0 spiro atoms. The van der Waals surface area contributed by atoms with Gasteiger partial charge >= 0.3 is 0 Å². The van der Waals surface area contributed by atoms with Crippen molar-refractivity contribution in [1.82, 2.24) is 5.09 Å². The number of nitrogens with one attached hydrogen (secondary N) is 1. The molecule has 0 saturated carbocycles. The second-order valence-corrected chi connectivity index (χ2v) is 7.22. The number of hydrogen-bond acceptors (Lipinski definition) is 2. The number of benzene rings is 1. The Morgan fingerprint density at radius 3 is 2.79 bits per heavy atom. The van der Waals surface area contributed by atoms with Gasteiger partial charge in [0.1, 0.15) is 0 Å². The average molecular weight is 227 g/mol. The highest BCUT2D eigenvalue weighted by atomic mass is 32.4. The summed E-state index contributed by atoms with van der Waals surface area (Å²) in [4.78, 5) is 0. The molecule has 2 atom stereocenters. The number of hydrogen-bond donors (Lipinski definition) is 1. The van der Waals surface area contributed by atoms with Gasteiger partial charge in [0.15, 0.2) is 6.42 Å². The minimum absolute atomic E-state index is 0.467. The van der Waals surface area contributed by atoms with Crippen molar-refractivity contribution in [2.45, 2.75) is 19.4 Å². The number of rotatable bonds is 1. The van der Waals surface area contributed by atoms with Crippen LogP contribution < -0.4 is 10.4 Å². The molecule has 2 nitrogen and oxygen atoms in total. The Bertz CT molecular complexity index is 354. The van der Waals surface area contributed by atoms with Gasteiger partial charge in [0.05, 0.1) is 6.61 Å². The fourth-order valence-corrected chi connectivity index (χ4v) is 4.66. The normalized spacial score (nSPS) is 32.8. The Morgan fingerprint density at radius 1 is 1.43 bits per heavy atom. The van der Waals surface area contributed by atoms with E-state index in [1.807, 2.05) is 30.3 Å². The van der Waals surface area contributed by atoms with E-state index in [9.17, 15) is 0 Å². The smallest absolute Gasteiger partial charge is 0.159 e. The minimum Gasteiger partial charge on any atom is -0.335 e. The van der Waals surface area contributed by atoms with Gasteiger partial charge in [-0.1, -0.05) is 30.3 Å². The first kappa shape index (κ1) is 10.3. The van der Waals surface area contributed by atoms with Crippen LogP contribution in [-0.4, -0.2) is 12.6 Å². The average Bonchev–Trinajstić information content (AvgIpc) is 2.19. The minimum atomic E-state index is -1.94. The lowest BCUT2D eigenvalue weighted by atomic mass is 10.3. The molecule has 14 heavy (non-hydrogen) atoms. The molecule has 0 aliphatic carbocycles. The summed E-state index contributed by atoms with van der Waals surface area (Å²) in [7, 11) is 0. The van der Waals surface area contributed by atoms with Gasteiger partial charge in [-0.05, 0) is 25.2 Å². The zero-order valence-corrected chi connectivity index (χ0v) is 9.85. The third-order valence-corrected chi connectivity index (χ3v) is 5.88. The van der Waals surface area contributed by atoms with E-state index < -0.39 is 6.42 Å². The van der Waals surface area contributed by atoms with E-state index >= 15 is 0 Å². The molecule has 1 aliphatic rings. The molecule has 1 unspecified atom stereocenters. The molecule has 1 saturated heterocycles. The zero-order chi connectivity index (χ0) is 10.0. The van der Waals surface area contributed by atoms with Crippen LogP contribution in [0.2, 0.25) is 0 Å². The molecule has 0 bridgehead atoms. The first-order valence-corrected chi connectivity index (χ1v) is 7.51. The van der Waals surface area contributed by atoms with Crippen LogP contribution in [0.15, 0.2) is 30.3 Å². The van der Waals surface area contributed by atoms with Crippen molar-refractivity contribution < 1.29 is 4.52 Å². The van der Waals surface area contributed by atoms with Crippen molar-refractivity contribution in [3.8, 4) is 0 Å². The van der Waals surface area contributed by atoms with E-state index in [4.69, 9.17) is 16.3 Å². The fourth-order valence-electron chi connectivity index (χ4n) is 1.52. The van der Waals surface area contributed by atoms with Crippen molar-refractivity contribution in [2.75, 3.05) is 6.61 Å². The summed E-state index contributed by atoms with van der Waals surface area (Å²) < 4.78 is 5.74. The van der Waals surface area contributed by atoms with Crippen LogP contribution in [0.1, 0.15) is 13.3 Å². The molecule has 0 amide bonds. The largest absolute Gasteiger partial charge is 0.335 e. The Kier molecular flexibility index (Phi) is 3.03. The maximum absolute atomic E-state index is 5.74. The summed E-state index contributed by atoms with van der Waals surface area (Å²) in [6.45, 7) is 2.94. The molecule has 1 heterocycles. The molecule has 1 aromatic rings. The predicted octanol–water partition coefficient (Wildman–Crippen LogP) is 2.02. The van der Waals surface area contributed by atoms with Gasteiger partial charge in [-0.15, -0.1) is 0 Å². The molecular weight excluding hydrogens is 213 g/mol. The fraction of sp³-hybridized carbons (Fsp3) is 0.400. The second-order valence-electron chi connectivity index (χ2n) is 3.54. The lowest BCUT2D eigenvalue weighted by Gasteiger charge is -2.32. The lowest BCUT2D eigenvalue weighted by Crippen LogP contribution is -2.34. The van der Waals surface area contributed by atoms with Crippen molar-refractivity contribution >= 4 is 23.5 Å². The molecule has 1 fully saturated rings. The Balaban J connectivity index is 2.28. The molecule has 1 aliphatic heterocycles. The van der Waals surface area contributed by atoms with Crippen LogP contribution in [0.4, 0.5) is 0 Å². The van der Waals surface area contributed by atoms with Crippen molar-refractivity contribution in [1.29, 1.82) is 0 Å². The van der Waals surface area contributed by atoms with Gasteiger partial charge < -0.3 is 4.52 Å². The van der Waals surface area contributed by atoms with E-state index in [0.29, 0.717) is 6.04 Å². The summed E-state index contributed by atoms with van der Waals surface area (Å²) in [6.07, 6.45) is -0.892. The van der Waals surface area contributed by atoms with Crippen LogP contribution in [0.5, 0.6) is 0 Å². The molecule has 1 aromatic carbocycles. The van der Waals surface area contributed by atoms with Gasteiger partial charge in [0, 0.05) is 11.3 Å². The lowest BCUT2D eigenvalue weighted by molar-refractivity contribution is 0.294.